The van der Waals surface area contributed by atoms with Crippen LogP contribution in [0.3, 0.4) is 0 Å². The molecular weight excluding hydrogens is 359 g/mol. The maximum atomic E-state index is 12.3. The zero-order valence-corrected chi connectivity index (χ0v) is 14.7. The standard InChI is InChI=1S/C15H14Cl2N2O3S/c1-9-7-13(8-10(2)14(9)17)23(21,22)19-15(20)18-12-5-3-11(16)4-6-12/h3-8H,1-2H3,(H2,18,19,20). The molecule has 8 heteroatoms. The lowest BCUT2D eigenvalue weighted by Gasteiger charge is -2.11. The minimum atomic E-state index is -4.00. The maximum Gasteiger partial charge on any atom is 0.333 e. The van der Waals surface area contributed by atoms with Crippen LogP contribution in [0.15, 0.2) is 41.3 Å². The average Bonchev–Trinajstić information content (AvgIpc) is 2.46. The number of urea groups is 1. The molecule has 2 rings (SSSR count). The van der Waals surface area contributed by atoms with Crippen molar-refractivity contribution < 1.29 is 13.2 Å². The summed E-state index contributed by atoms with van der Waals surface area (Å²) in [5.74, 6) is 0. The van der Waals surface area contributed by atoms with Gasteiger partial charge in [0.1, 0.15) is 0 Å². The average molecular weight is 373 g/mol. The summed E-state index contributed by atoms with van der Waals surface area (Å²) in [6.45, 7) is 3.39. The Bertz CT molecular complexity index is 827. The number of aryl methyl sites for hydroxylation is 2. The van der Waals surface area contributed by atoms with E-state index < -0.39 is 16.1 Å². The van der Waals surface area contributed by atoms with Crippen molar-refractivity contribution in [3.05, 3.63) is 57.6 Å². The number of benzene rings is 2. The van der Waals surface area contributed by atoms with Crippen molar-refractivity contribution in [3.63, 3.8) is 0 Å². The van der Waals surface area contributed by atoms with Gasteiger partial charge in [-0.05, 0) is 61.4 Å². The first-order valence-electron chi connectivity index (χ1n) is 6.55. The first-order valence-corrected chi connectivity index (χ1v) is 8.79. The van der Waals surface area contributed by atoms with Crippen molar-refractivity contribution in [1.29, 1.82) is 0 Å². The van der Waals surface area contributed by atoms with Crippen LogP contribution in [0.4, 0.5) is 10.5 Å². The van der Waals surface area contributed by atoms with Gasteiger partial charge < -0.3 is 5.32 Å². The van der Waals surface area contributed by atoms with E-state index in [4.69, 9.17) is 23.2 Å². The van der Waals surface area contributed by atoms with Gasteiger partial charge in [0, 0.05) is 15.7 Å². The van der Waals surface area contributed by atoms with Gasteiger partial charge in [0.25, 0.3) is 10.0 Å². The predicted octanol–water partition coefficient (Wildman–Crippen LogP) is 4.12. The van der Waals surface area contributed by atoms with E-state index in [2.05, 4.69) is 5.32 Å². The topological polar surface area (TPSA) is 75.3 Å². The lowest BCUT2D eigenvalue weighted by molar-refractivity contribution is 0.256. The van der Waals surface area contributed by atoms with Gasteiger partial charge in [-0.1, -0.05) is 23.2 Å². The van der Waals surface area contributed by atoms with Gasteiger partial charge in [0.15, 0.2) is 0 Å². The number of rotatable bonds is 3. The number of halogens is 2. The molecule has 5 nitrogen and oxygen atoms in total. The molecule has 0 spiro atoms. The molecule has 0 aliphatic heterocycles. The first-order chi connectivity index (χ1) is 10.7. The molecule has 0 aliphatic rings. The second-order valence-electron chi connectivity index (χ2n) is 4.94. The first kappa shape index (κ1) is 17.6. The minimum Gasteiger partial charge on any atom is -0.307 e. The van der Waals surface area contributed by atoms with Gasteiger partial charge in [-0.25, -0.2) is 17.9 Å². The van der Waals surface area contributed by atoms with Gasteiger partial charge in [-0.2, -0.15) is 0 Å². The summed E-state index contributed by atoms with van der Waals surface area (Å²) in [6.07, 6.45) is 0. The number of sulfonamides is 1. The van der Waals surface area contributed by atoms with Gasteiger partial charge in [0.05, 0.1) is 4.90 Å². The molecule has 0 aliphatic carbocycles. The molecule has 0 heterocycles. The van der Waals surface area contributed by atoms with E-state index in [1.54, 1.807) is 38.1 Å². The Morgan fingerprint density at radius 3 is 2.04 bits per heavy atom. The van der Waals surface area contributed by atoms with E-state index in [1.807, 2.05) is 4.72 Å². The zero-order valence-electron chi connectivity index (χ0n) is 12.4. The number of amides is 2. The van der Waals surface area contributed by atoms with Crippen LogP contribution < -0.4 is 10.0 Å². The fourth-order valence-electron chi connectivity index (χ4n) is 1.93. The maximum absolute atomic E-state index is 12.3. The number of nitrogens with one attached hydrogen (secondary N) is 2. The molecule has 2 aromatic carbocycles. The SMILES string of the molecule is Cc1cc(S(=O)(=O)NC(=O)Nc2ccc(Cl)cc2)cc(C)c1Cl. The normalized spacial score (nSPS) is 11.1. The van der Waals surface area contributed by atoms with Crippen molar-refractivity contribution in [2.24, 2.45) is 0 Å². The fourth-order valence-corrected chi connectivity index (χ4v) is 3.24. The van der Waals surface area contributed by atoms with Crippen molar-refractivity contribution >= 4 is 44.9 Å². The lowest BCUT2D eigenvalue weighted by Crippen LogP contribution is -2.34. The number of carbonyl (C=O) groups excluding carboxylic acids is 1. The molecule has 2 N–H and O–H groups in total. The van der Waals surface area contributed by atoms with E-state index in [0.717, 1.165) is 0 Å². The van der Waals surface area contributed by atoms with Crippen LogP contribution in [0.1, 0.15) is 11.1 Å². The van der Waals surface area contributed by atoms with E-state index in [-0.39, 0.29) is 4.90 Å². The Morgan fingerprint density at radius 1 is 1.00 bits per heavy atom. The monoisotopic (exact) mass is 372 g/mol. The van der Waals surface area contributed by atoms with Crippen LogP contribution in [0, 0.1) is 13.8 Å². The summed E-state index contributed by atoms with van der Waals surface area (Å²) < 4.78 is 26.5. The smallest absolute Gasteiger partial charge is 0.307 e. The highest BCUT2D eigenvalue weighted by atomic mass is 35.5. The van der Waals surface area contributed by atoms with Gasteiger partial charge in [-0.15, -0.1) is 0 Å². The van der Waals surface area contributed by atoms with Crippen LogP contribution in [0.2, 0.25) is 10.0 Å². The fraction of sp³-hybridized carbons (Fsp3) is 0.133. The molecule has 0 radical (unpaired) electrons. The summed E-state index contributed by atoms with van der Waals surface area (Å²) in [7, 11) is -4.00. The van der Waals surface area contributed by atoms with Crippen molar-refractivity contribution in [3.8, 4) is 0 Å². The molecule has 0 saturated heterocycles. The number of hydrogen-bond acceptors (Lipinski definition) is 3. The molecule has 0 atom stereocenters. The minimum absolute atomic E-state index is 0.0249. The third-order valence-corrected chi connectivity index (χ3v) is 5.21. The Balaban J connectivity index is 2.17. The van der Waals surface area contributed by atoms with Crippen LogP contribution in [0.5, 0.6) is 0 Å². The number of anilines is 1. The van der Waals surface area contributed by atoms with Gasteiger partial charge >= 0.3 is 6.03 Å². The summed E-state index contributed by atoms with van der Waals surface area (Å²) in [6, 6.07) is 8.24. The summed E-state index contributed by atoms with van der Waals surface area (Å²) >= 11 is 11.8. The number of hydrogen-bond donors (Lipinski definition) is 2. The summed E-state index contributed by atoms with van der Waals surface area (Å²) in [5.41, 5.74) is 1.65. The summed E-state index contributed by atoms with van der Waals surface area (Å²) in [4.78, 5) is 11.8. The van der Waals surface area contributed by atoms with Crippen LogP contribution in [-0.2, 0) is 10.0 Å². The highest BCUT2D eigenvalue weighted by molar-refractivity contribution is 7.90. The predicted molar refractivity (Wildman–Crippen MR) is 91.7 cm³/mol. The molecule has 23 heavy (non-hydrogen) atoms. The highest BCUT2D eigenvalue weighted by Crippen LogP contribution is 2.24. The molecule has 122 valence electrons. The Hall–Kier alpha value is -1.76. The third kappa shape index (κ3) is 4.37. The largest absolute Gasteiger partial charge is 0.333 e. The van der Waals surface area contributed by atoms with Gasteiger partial charge in [-0.3, -0.25) is 0 Å². The Morgan fingerprint density at radius 2 is 1.52 bits per heavy atom. The third-order valence-electron chi connectivity index (χ3n) is 3.05. The molecule has 0 unspecified atom stereocenters. The lowest BCUT2D eigenvalue weighted by atomic mass is 10.2. The van der Waals surface area contributed by atoms with E-state index in [1.165, 1.54) is 12.1 Å². The summed E-state index contributed by atoms with van der Waals surface area (Å²) in [5, 5.41) is 3.43. The van der Waals surface area contributed by atoms with E-state index >= 15 is 0 Å². The number of carbonyl (C=O) groups is 1. The van der Waals surface area contributed by atoms with E-state index in [0.29, 0.717) is 26.9 Å². The molecule has 0 aromatic heterocycles. The molecular formula is C15H14Cl2N2O3S. The molecule has 2 amide bonds. The second-order valence-corrected chi connectivity index (χ2v) is 7.43. The van der Waals surface area contributed by atoms with Crippen molar-refractivity contribution in [2.75, 3.05) is 5.32 Å². The molecule has 0 bridgehead atoms. The molecule has 0 fully saturated rings. The van der Waals surface area contributed by atoms with Crippen LogP contribution in [0.25, 0.3) is 0 Å². The Labute approximate surface area is 144 Å². The van der Waals surface area contributed by atoms with Crippen LogP contribution >= 0.6 is 23.2 Å². The zero-order chi connectivity index (χ0) is 17.2. The highest BCUT2D eigenvalue weighted by Gasteiger charge is 2.19. The van der Waals surface area contributed by atoms with Gasteiger partial charge in [0.2, 0.25) is 0 Å². The molecule has 2 aromatic rings. The van der Waals surface area contributed by atoms with E-state index in [9.17, 15) is 13.2 Å². The van der Waals surface area contributed by atoms with Crippen molar-refractivity contribution in [2.45, 2.75) is 18.7 Å². The molecule has 0 saturated carbocycles. The second kappa shape index (κ2) is 6.78. The quantitative estimate of drug-likeness (QED) is 0.850. The van der Waals surface area contributed by atoms with Crippen LogP contribution in [-0.4, -0.2) is 14.4 Å². The Kier molecular flexibility index (Phi) is 5.19. The van der Waals surface area contributed by atoms with Crippen molar-refractivity contribution in [1.82, 2.24) is 4.72 Å².